The quantitative estimate of drug-likeness (QED) is 0.691. The lowest BCUT2D eigenvalue weighted by molar-refractivity contribution is 0.223. The first-order valence-electron chi connectivity index (χ1n) is 7.69. The van der Waals surface area contributed by atoms with Crippen LogP contribution in [0, 0.1) is 0 Å². The van der Waals surface area contributed by atoms with E-state index < -0.39 is 5.54 Å². The number of carbonyl (C=O) groups excluding carboxylic acids is 1. The van der Waals surface area contributed by atoms with Gasteiger partial charge in [-0.2, -0.15) is 0 Å². The third-order valence-electron chi connectivity index (χ3n) is 3.45. The van der Waals surface area contributed by atoms with Gasteiger partial charge in [0.2, 0.25) is 0 Å². The van der Waals surface area contributed by atoms with Crippen molar-refractivity contribution in [1.82, 2.24) is 10.6 Å². The van der Waals surface area contributed by atoms with Crippen LogP contribution < -0.4 is 15.4 Å². The normalized spacial score (nSPS) is 12.6. The molecule has 124 valence electrons. The van der Waals surface area contributed by atoms with Gasteiger partial charge >= 0.3 is 6.03 Å². The molecular formula is C17H28N2O3. The van der Waals surface area contributed by atoms with Gasteiger partial charge in [0.15, 0.2) is 0 Å². The summed E-state index contributed by atoms with van der Waals surface area (Å²) in [6.07, 6.45) is 2.12. The second-order valence-electron chi connectivity index (χ2n) is 6.24. The van der Waals surface area contributed by atoms with E-state index in [1.54, 1.807) is 7.11 Å². The number of aliphatic hydroxyl groups excluding tert-OH is 1. The maximum atomic E-state index is 12.1. The lowest BCUT2D eigenvalue weighted by atomic mass is 9.94. The molecule has 22 heavy (non-hydrogen) atoms. The molecule has 1 unspecified atom stereocenters. The molecule has 0 aromatic heterocycles. The molecule has 0 spiro atoms. The number of hydrogen-bond acceptors (Lipinski definition) is 3. The second kappa shape index (κ2) is 8.63. The predicted molar refractivity (Wildman–Crippen MR) is 88.2 cm³/mol. The zero-order valence-electron chi connectivity index (χ0n) is 14.0. The van der Waals surface area contributed by atoms with Crippen molar-refractivity contribution in [3.05, 3.63) is 29.8 Å². The fourth-order valence-electron chi connectivity index (χ4n) is 2.41. The first-order chi connectivity index (χ1) is 10.4. The molecule has 0 heterocycles. The SMILES string of the molecule is COc1ccccc1CC(C)(C)NC(=O)NC(C)CCCO. The molecule has 0 radical (unpaired) electrons. The Balaban J connectivity index is 2.57. The smallest absolute Gasteiger partial charge is 0.315 e. The minimum absolute atomic E-state index is 0.0363. The Bertz CT molecular complexity index is 475. The number of ether oxygens (including phenoxy) is 1. The fraction of sp³-hybridized carbons (Fsp3) is 0.588. The van der Waals surface area contributed by atoms with Crippen LogP contribution in [0.1, 0.15) is 39.2 Å². The van der Waals surface area contributed by atoms with Crippen LogP contribution in [0.4, 0.5) is 4.79 Å². The van der Waals surface area contributed by atoms with Crippen molar-refractivity contribution in [2.45, 2.75) is 51.6 Å². The van der Waals surface area contributed by atoms with Gasteiger partial charge in [0.05, 0.1) is 7.11 Å². The number of benzene rings is 1. The molecule has 0 aliphatic heterocycles. The van der Waals surface area contributed by atoms with Crippen LogP contribution in [0.25, 0.3) is 0 Å². The van der Waals surface area contributed by atoms with Crippen LogP contribution in [-0.4, -0.2) is 36.4 Å². The Hall–Kier alpha value is -1.75. The van der Waals surface area contributed by atoms with Gasteiger partial charge in [-0.1, -0.05) is 18.2 Å². The van der Waals surface area contributed by atoms with Gasteiger partial charge in [0, 0.05) is 18.2 Å². The van der Waals surface area contributed by atoms with Crippen molar-refractivity contribution in [1.29, 1.82) is 0 Å². The number of aliphatic hydroxyl groups is 1. The number of hydrogen-bond donors (Lipinski definition) is 3. The van der Waals surface area contributed by atoms with Gasteiger partial charge in [-0.25, -0.2) is 4.79 Å². The van der Waals surface area contributed by atoms with Crippen molar-refractivity contribution in [2.75, 3.05) is 13.7 Å². The number of nitrogens with one attached hydrogen (secondary N) is 2. The summed E-state index contributed by atoms with van der Waals surface area (Å²) in [5, 5.41) is 14.7. The van der Waals surface area contributed by atoms with E-state index in [9.17, 15) is 4.79 Å². The lowest BCUT2D eigenvalue weighted by Crippen LogP contribution is -2.51. The Morgan fingerprint density at radius 1 is 1.36 bits per heavy atom. The summed E-state index contributed by atoms with van der Waals surface area (Å²) in [7, 11) is 1.65. The monoisotopic (exact) mass is 308 g/mol. The van der Waals surface area contributed by atoms with Crippen LogP contribution >= 0.6 is 0 Å². The average Bonchev–Trinajstić information content (AvgIpc) is 2.44. The van der Waals surface area contributed by atoms with E-state index >= 15 is 0 Å². The van der Waals surface area contributed by atoms with Crippen LogP contribution in [0.15, 0.2) is 24.3 Å². The zero-order chi connectivity index (χ0) is 16.6. The van der Waals surface area contributed by atoms with Gasteiger partial charge in [-0.05, 0) is 51.7 Å². The van der Waals surface area contributed by atoms with Crippen molar-refractivity contribution in [3.63, 3.8) is 0 Å². The van der Waals surface area contributed by atoms with E-state index in [1.165, 1.54) is 0 Å². The maximum Gasteiger partial charge on any atom is 0.315 e. The topological polar surface area (TPSA) is 70.6 Å². The summed E-state index contributed by atoms with van der Waals surface area (Å²) in [6.45, 7) is 6.05. The van der Waals surface area contributed by atoms with Crippen LogP contribution in [0.2, 0.25) is 0 Å². The summed E-state index contributed by atoms with van der Waals surface area (Å²) in [6, 6.07) is 7.66. The first kappa shape index (κ1) is 18.3. The summed E-state index contributed by atoms with van der Waals surface area (Å²) in [5.41, 5.74) is 0.665. The molecule has 1 aromatic carbocycles. The molecule has 0 bridgehead atoms. The van der Waals surface area contributed by atoms with Gasteiger partial charge in [0.25, 0.3) is 0 Å². The van der Waals surface area contributed by atoms with Crippen LogP contribution in [0.3, 0.4) is 0 Å². The summed E-state index contributed by atoms with van der Waals surface area (Å²) in [4.78, 5) is 12.1. The van der Waals surface area contributed by atoms with Gasteiger partial charge in [0.1, 0.15) is 5.75 Å². The van der Waals surface area contributed by atoms with Crippen LogP contribution in [-0.2, 0) is 6.42 Å². The molecule has 2 amide bonds. The van der Waals surface area contributed by atoms with E-state index in [1.807, 2.05) is 45.0 Å². The van der Waals surface area contributed by atoms with Crippen molar-refractivity contribution < 1.29 is 14.6 Å². The Morgan fingerprint density at radius 2 is 2.05 bits per heavy atom. The molecule has 0 aliphatic rings. The van der Waals surface area contributed by atoms with Gasteiger partial charge in [-0.3, -0.25) is 0 Å². The molecule has 3 N–H and O–H groups in total. The molecular weight excluding hydrogens is 280 g/mol. The highest BCUT2D eigenvalue weighted by Gasteiger charge is 2.23. The van der Waals surface area contributed by atoms with E-state index in [0.717, 1.165) is 17.7 Å². The molecule has 5 nitrogen and oxygen atoms in total. The molecule has 5 heteroatoms. The van der Waals surface area contributed by atoms with E-state index in [0.29, 0.717) is 12.8 Å². The predicted octanol–water partition coefficient (Wildman–Crippen LogP) is 2.48. The van der Waals surface area contributed by atoms with E-state index in [2.05, 4.69) is 10.6 Å². The molecule has 0 fully saturated rings. The van der Waals surface area contributed by atoms with E-state index in [-0.39, 0.29) is 18.7 Å². The van der Waals surface area contributed by atoms with Gasteiger partial charge in [-0.15, -0.1) is 0 Å². The lowest BCUT2D eigenvalue weighted by Gasteiger charge is -2.28. The molecule has 0 saturated heterocycles. The summed E-state index contributed by atoms with van der Waals surface area (Å²) in [5.74, 6) is 0.828. The Morgan fingerprint density at radius 3 is 2.68 bits per heavy atom. The third-order valence-corrected chi connectivity index (χ3v) is 3.45. The highest BCUT2D eigenvalue weighted by atomic mass is 16.5. The largest absolute Gasteiger partial charge is 0.496 e. The second-order valence-corrected chi connectivity index (χ2v) is 6.24. The Kier molecular flexibility index (Phi) is 7.18. The maximum absolute atomic E-state index is 12.1. The molecule has 1 atom stereocenters. The van der Waals surface area contributed by atoms with Gasteiger partial charge < -0.3 is 20.5 Å². The first-order valence-corrected chi connectivity index (χ1v) is 7.69. The molecule has 1 rings (SSSR count). The highest BCUT2D eigenvalue weighted by molar-refractivity contribution is 5.75. The average molecular weight is 308 g/mol. The Labute approximate surface area is 133 Å². The van der Waals surface area contributed by atoms with Crippen molar-refractivity contribution in [3.8, 4) is 5.75 Å². The molecule has 0 saturated carbocycles. The number of carbonyl (C=O) groups is 1. The molecule has 0 aliphatic carbocycles. The van der Waals surface area contributed by atoms with Crippen molar-refractivity contribution >= 4 is 6.03 Å². The zero-order valence-corrected chi connectivity index (χ0v) is 14.0. The number of rotatable bonds is 8. The third kappa shape index (κ3) is 6.35. The number of methoxy groups -OCH3 is 1. The molecule has 1 aromatic rings. The van der Waals surface area contributed by atoms with E-state index in [4.69, 9.17) is 9.84 Å². The van der Waals surface area contributed by atoms with Crippen LogP contribution in [0.5, 0.6) is 5.75 Å². The number of urea groups is 1. The minimum Gasteiger partial charge on any atom is -0.496 e. The number of amides is 2. The number of para-hydroxylation sites is 1. The standard InChI is InChI=1S/C17H28N2O3/c1-13(8-7-11-20)18-16(21)19-17(2,3)12-14-9-5-6-10-15(14)22-4/h5-6,9-10,13,20H,7-8,11-12H2,1-4H3,(H2,18,19,21). The van der Waals surface area contributed by atoms with Crippen molar-refractivity contribution in [2.24, 2.45) is 0 Å². The minimum atomic E-state index is -0.393. The summed E-state index contributed by atoms with van der Waals surface area (Å²) >= 11 is 0. The highest BCUT2D eigenvalue weighted by Crippen LogP contribution is 2.22. The fourth-order valence-corrected chi connectivity index (χ4v) is 2.41. The summed E-state index contributed by atoms with van der Waals surface area (Å²) < 4.78 is 5.35.